The Labute approximate surface area is 99.9 Å². The zero-order valence-corrected chi connectivity index (χ0v) is 11.0. The van der Waals surface area contributed by atoms with Gasteiger partial charge in [-0.2, -0.15) is 0 Å². The van der Waals surface area contributed by atoms with E-state index in [1.165, 1.54) is 5.46 Å². The van der Waals surface area contributed by atoms with E-state index in [1.807, 2.05) is 12.1 Å². The molecule has 0 bridgehead atoms. The lowest BCUT2D eigenvalue weighted by Crippen LogP contribution is -2.44. The first-order valence-corrected chi connectivity index (χ1v) is 5.93. The second-order valence-corrected chi connectivity index (χ2v) is 4.71. The van der Waals surface area contributed by atoms with Crippen molar-refractivity contribution in [3.63, 3.8) is 0 Å². The van der Waals surface area contributed by atoms with Crippen molar-refractivity contribution < 1.29 is 4.74 Å². The van der Waals surface area contributed by atoms with Crippen molar-refractivity contribution in [3.8, 4) is 5.75 Å². The predicted octanol–water partition coefficient (Wildman–Crippen LogP) is 1.79. The average molecular weight is 219 g/mol. The monoisotopic (exact) mass is 219 g/mol. The van der Waals surface area contributed by atoms with Gasteiger partial charge in [-0.1, -0.05) is 45.3 Å². The summed E-state index contributed by atoms with van der Waals surface area (Å²) >= 11 is 0. The van der Waals surface area contributed by atoms with Crippen LogP contribution in [0.2, 0.25) is 0 Å². The normalized spacial score (nSPS) is 11.2. The number of methoxy groups -OCH3 is 1. The molecule has 0 saturated heterocycles. The first-order valence-electron chi connectivity index (χ1n) is 5.93. The molecule has 3 heteroatoms. The lowest BCUT2D eigenvalue weighted by Gasteiger charge is -2.30. The Morgan fingerprint density at radius 2 is 1.50 bits per heavy atom. The highest BCUT2D eigenvalue weighted by Crippen LogP contribution is 2.07. The molecule has 0 N–H and O–H groups in total. The highest BCUT2D eigenvalue weighted by molar-refractivity contribution is 6.50. The fourth-order valence-corrected chi connectivity index (χ4v) is 1.90. The summed E-state index contributed by atoms with van der Waals surface area (Å²) in [6, 6.07) is 9.46. The van der Waals surface area contributed by atoms with Gasteiger partial charge in [0.15, 0.2) is 0 Å². The minimum atomic E-state index is 0.571. The molecule has 2 nitrogen and oxygen atoms in total. The molecule has 88 valence electrons. The van der Waals surface area contributed by atoms with Gasteiger partial charge >= 0.3 is 0 Å². The fourth-order valence-electron chi connectivity index (χ4n) is 1.90. The number of ether oxygens (including phenoxy) is 1. The van der Waals surface area contributed by atoms with Gasteiger partial charge in [-0.25, -0.2) is 0 Å². The van der Waals surface area contributed by atoms with E-state index in [9.17, 15) is 0 Å². The summed E-state index contributed by atoms with van der Waals surface area (Å²) in [5, 5.41) is 0. The van der Waals surface area contributed by atoms with E-state index >= 15 is 0 Å². The van der Waals surface area contributed by atoms with Gasteiger partial charge in [0, 0.05) is 0 Å². The second-order valence-electron chi connectivity index (χ2n) is 4.71. The van der Waals surface area contributed by atoms with Gasteiger partial charge in [0.2, 0.25) is 7.41 Å². The molecule has 0 heterocycles. The molecule has 16 heavy (non-hydrogen) atoms. The number of hydrogen-bond donors (Lipinski definition) is 0. The zero-order valence-electron chi connectivity index (χ0n) is 11.0. The molecule has 1 aromatic rings. The van der Waals surface area contributed by atoms with Crippen molar-refractivity contribution in [2.75, 3.05) is 7.11 Å². The molecule has 0 aromatic heterocycles. The highest BCUT2D eigenvalue weighted by Gasteiger charge is 2.14. The summed E-state index contributed by atoms with van der Waals surface area (Å²) in [6.45, 7) is 8.96. The van der Waals surface area contributed by atoms with Crippen LogP contribution in [0.5, 0.6) is 5.75 Å². The topological polar surface area (TPSA) is 12.5 Å². The van der Waals surface area contributed by atoms with Crippen LogP contribution in [0.3, 0.4) is 0 Å². The Morgan fingerprint density at radius 3 is 1.88 bits per heavy atom. The maximum Gasteiger partial charge on any atom is 0.239 e. The van der Waals surface area contributed by atoms with Crippen LogP contribution in [-0.4, -0.2) is 31.4 Å². The summed E-state index contributed by atoms with van der Waals surface area (Å²) in [5.74, 6) is 0.921. The van der Waals surface area contributed by atoms with Gasteiger partial charge in [-0.3, -0.25) is 0 Å². The van der Waals surface area contributed by atoms with Crippen molar-refractivity contribution in [2.45, 2.75) is 39.8 Å². The summed E-state index contributed by atoms with van der Waals surface area (Å²) in [6.07, 6.45) is 0. The molecule has 1 aromatic carbocycles. The molecule has 0 aliphatic carbocycles. The molecule has 0 atom stereocenters. The van der Waals surface area contributed by atoms with Crippen molar-refractivity contribution in [1.82, 2.24) is 4.81 Å². The van der Waals surface area contributed by atoms with E-state index in [1.54, 1.807) is 7.11 Å². The Hall–Kier alpha value is -0.955. The molecule has 0 unspecified atom stereocenters. The largest absolute Gasteiger partial charge is 0.497 e. The summed E-state index contributed by atoms with van der Waals surface area (Å²) in [5.41, 5.74) is 1.34. The number of rotatable bonds is 5. The van der Waals surface area contributed by atoms with E-state index in [0.717, 1.165) is 13.2 Å². The third kappa shape index (κ3) is 3.56. The van der Waals surface area contributed by atoms with Gasteiger partial charge in [-0.05, 0) is 24.2 Å². The van der Waals surface area contributed by atoms with Gasteiger partial charge in [0.25, 0.3) is 0 Å². The zero-order chi connectivity index (χ0) is 12.1. The molecular weight excluding hydrogens is 197 g/mol. The fraction of sp³-hybridized carbons (Fsp3) is 0.538. The standard InChI is InChI=1S/C13H22BNO/c1-10(2)15(11(3)4)14-12-6-8-13(16-5)9-7-12/h6-11,14H,1-5H3. The van der Waals surface area contributed by atoms with Crippen LogP contribution >= 0.6 is 0 Å². The molecule has 0 radical (unpaired) electrons. The number of benzene rings is 1. The van der Waals surface area contributed by atoms with Crippen LogP contribution < -0.4 is 10.2 Å². The van der Waals surface area contributed by atoms with Crippen molar-refractivity contribution >= 4 is 12.9 Å². The van der Waals surface area contributed by atoms with Crippen LogP contribution in [0.1, 0.15) is 27.7 Å². The third-order valence-corrected chi connectivity index (χ3v) is 2.85. The predicted molar refractivity (Wildman–Crippen MR) is 71.9 cm³/mol. The Balaban J connectivity index is 2.70. The first-order chi connectivity index (χ1) is 7.54. The van der Waals surface area contributed by atoms with E-state index in [0.29, 0.717) is 12.1 Å². The first kappa shape index (κ1) is 13.1. The third-order valence-electron chi connectivity index (χ3n) is 2.85. The lowest BCUT2D eigenvalue weighted by molar-refractivity contribution is 0.315. The van der Waals surface area contributed by atoms with Gasteiger partial charge < -0.3 is 9.55 Å². The second kappa shape index (κ2) is 5.95. The van der Waals surface area contributed by atoms with Crippen LogP contribution in [0.25, 0.3) is 0 Å². The molecular formula is C13H22BNO. The molecule has 0 fully saturated rings. The molecule has 0 aliphatic heterocycles. The smallest absolute Gasteiger partial charge is 0.239 e. The quantitative estimate of drug-likeness (QED) is 0.700. The van der Waals surface area contributed by atoms with Gasteiger partial charge in [0.05, 0.1) is 7.11 Å². The lowest BCUT2D eigenvalue weighted by atomic mass is 9.78. The van der Waals surface area contributed by atoms with Crippen LogP contribution in [-0.2, 0) is 0 Å². The molecule has 0 amide bonds. The minimum Gasteiger partial charge on any atom is -0.497 e. The summed E-state index contributed by atoms with van der Waals surface area (Å²) in [4.78, 5) is 2.47. The van der Waals surface area contributed by atoms with E-state index in [4.69, 9.17) is 4.74 Å². The van der Waals surface area contributed by atoms with Crippen LogP contribution in [0.15, 0.2) is 24.3 Å². The Kier molecular flexibility index (Phi) is 4.87. The van der Waals surface area contributed by atoms with Crippen LogP contribution in [0.4, 0.5) is 0 Å². The van der Waals surface area contributed by atoms with Crippen LogP contribution in [0, 0.1) is 0 Å². The minimum absolute atomic E-state index is 0.571. The SMILES string of the molecule is COc1ccc(BN(C(C)C)C(C)C)cc1. The Bertz CT molecular complexity index is 300. The van der Waals surface area contributed by atoms with E-state index < -0.39 is 0 Å². The van der Waals surface area contributed by atoms with Gasteiger partial charge in [0.1, 0.15) is 5.75 Å². The van der Waals surface area contributed by atoms with E-state index in [2.05, 4.69) is 44.6 Å². The molecule has 1 rings (SSSR count). The van der Waals surface area contributed by atoms with Crippen molar-refractivity contribution in [1.29, 1.82) is 0 Å². The maximum atomic E-state index is 5.16. The van der Waals surface area contributed by atoms with Gasteiger partial charge in [-0.15, -0.1) is 0 Å². The number of nitrogens with zero attached hydrogens (tertiary/aromatic N) is 1. The highest BCUT2D eigenvalue weighted by atomic mass is 16.5. The Morgan fingerprint density at radius 1 is 1.00 bits per heavy atom. The summed E-state index contributed by atoms with van der Waals surface area (Å²) in [7, 11) is 2.70. The van der Waals surface area contributed by atoms with Crippen molar-refractivity contribution in [2.24, 2.45) is 0 Å². The molecule has 0 saturated carbocycles. The molecule has 0 aliphatic rings. The van der Waals surface area contributed by atoms with Crippen molar-refractivity contribution in [3.05, 3.63) is 24.3 Å². The number of hydrogen-bond acceptors (Lipinski definition) is 2. The molecule has 0 spiro atoms. The van der Waals surface area contributed by atoms with E-state index in [-0.39, 0.29) is 0 Å². The summed E-state index contributed by atoms with van der Waals surface area (Å²) < 4.78 is 5.16. The average Bonchev–Trinajstić information content (AvgIpc) is 2.25. The maximum absolute atomic E-state index is 5.16.